The Balaban J connectivity index is 1.31. The van der Waals surface area contributed by atoms with Gasteiger partial charge >= 0.3 is 5.97 Å². The zero-order valence-electron chi connectivity index (χ0n) is 28.2. The highest BCUT2D eigenvalue weighted by Gasteiger charge is 2.23. The topological polar surface area (TPSA) is 95.5 Å². The molecule has 3 aromatic carbocycles. The van der Waals surface area contributed by atoms with Crippen molar-refractivity contribution < 1.29 is 33.6 Å². The fourth-order valence-electron chi connectivity index (χ4n) is 6.02. The molecule has 0 radical (unpaired) electrons. The SMILES string of the molecule is CC/C(=C(\c1ccc(OCOC(=O)C(C)(C)C)cc1)c1ccc(OCC(O)CNCC2CCCCC2)cc1)c1ccc2c(c1)OCO2. The Morgan fingerprint density at radius 2 is 1.49 bits per heavy atom. The number of fused-ring (bicyclic) bond motifs is 1. The van der Waals surface area contributed by atoms with Crippen molar-refractivity contribution in [1.82, 2.24) is 5.32 Å². The highest BCUT2D eigenvalue weighted by Crippen LogP contribution is 2.40. The fourth-order valence-corrected chi connectivity index (χ4v) is 6.02. The molecule has 0 bridgehead atoms. The van der Waals surface area contributed by atoms with E-state index in [2.05, 4.69) is 30.4 Å². The van der Waals surface area contributed by atoms with Crippen LogP contribution in [0.5, 0.6) is 23.0 Å². The van der Waals surface area contributed by atoms with Gasteiger partial charge in [-0.25, -0.2) is 0 Å². The van der Waals surface area contributed by atoms with Crippen LogP contribution in [0.3, 0.4) is 0 Å². The van der Waals surface area contributed by atoms with Crippen LogP contribution >= 0.6 is 0 Å². The molecule has 1 atom stereocenters. The summed E-state index contributed by atoms with van der Waals surface area (Å²) in [6.07, 6.45) is 6.74. The van der Waals surface area contributed by atoms with Gasteiger partial charge in [0.25, 0.3) is 0 Å². The lowest BCUT2D eigenvalue weighted by atomic mass is 9.88. The van der Waals surface area contributed by atoms with Crippen LogP contribution in [0.4, 0.5) is 0 Å². The first kappa shape index (κ1) is 34.3. The van der Waals surface area contributed by atoms with Crippen molar-refractivity contribution in [2.24, 2.45) is 11.3 Å². The van der Waals surface area contributed by atoms with Gasteiger partial charge in [0.05, 0.1) is 5.41 Å². The van der Waals surface area contributed by atoms with E-state index in [9.17, 15) is 9.90 Å². The van der Waals surface area contributed by atoms with Crippen LogP contribution in [-0.2, 0) is 9.53 Å². The number of rotatable bonds is 14. The molecule has 5 rings (SSSR count). The van der Waals surface area contributed by atoms with Gasteiger partial charge in [0.1, 0.15) is 24.2 Å². The molecule has 0 saturated heterocycles. The zero-order valence-corrected chi connectivity index (χ0v) is 28.2. The third kappa shape index (κ3) is 9.52. The average molecular weight is 644 g/mol. The molecule has 2 aliphatic rings. The van der Waals surface area contributed by atoms with Crippen LogP contribution < -0.4 is 24.3 Å². The number of allylic oxidation sites excluding steroid dienone is 1. The van der Waals surface area contributed by atoms with Gasteiger partial charge in [-0.05, 0) is 117 Å². The molecule has 2 N–H and O–H groups in total. The molecule has 1 aliphatic heterocycles. The number of aliphatic hydroxyl groups excluding tert-OH is 1. The van der Waals surface area contributed by atoms with E-state index in [0.717, 1.165) is 58.2 Å². The molecule has 0 amide bonds. The van der Waals surface area contributed by atoms with Crippen molar-refractivity contribution in [3.8, 4) is 23.0 Å². The van der Waals surface area contributed by atoms with E-state index in [1.165, 1.54) is 32.1 Å². The van der Waals surface area contributed by atoms with E-state index in [0.29, 0.717) is 18.0 Å². The third-order valence-electron chi connectivity index (χ3n) is 8.67. The van der Waals surface area contributed by atoms with E-state index in [4.69, 9.17) is 23.7 Å². The Hall–Kier alpha value is -4.01. The molecule has 8 nitrogen and oxygen atoms in total. The maximum Gasteiger partial charge on any atom is 0.314 e. The van der Waals surface area contributed by atoms with Gasteiger partial charge < -0.3 is 34.1 Å². The summed E-state index contributed by atoms with van der Waals surface area (Å²) in [4.78, 5) is 12.1. The summed E-state index contributed by atoms with van der Waals surface area (Å²) in [5.74, 6) is 3.19. The predicted octanol–water partition coefficient (Wildman–Crippen LogP) is 7.62. The van der Waals surface area contributed by atoms with E-state index >= 15 is 0 Å². The minimum absolute atomic E-state index is 0.151. The lowest BCUT2D eigenvalue weighted by Crippen LogP contribution is -2.34. The number of nitrogens with one attached hydrogen (secondary N) is 1. The van der Waals surface area contributed by atoms with Crippen molar-refractivity contribution in [3.63, 3.8) is 0 Å². The van der Waals surface area contributed by atoms with Gasteiger partial charge in [0.15, 0.2) is 11.5 Å². The first-order valence-corrected chi connectivity index (χ1v) is 16.9. The number of carbonyl (C=O) groups excluding carboxylic acids is 1. The normalized spacial score (nSPS) is 15.9. The molecular formula is C39H49NO7. The lowest BCUT2D eigenvalue weighted by molar-refractivity contribution is -0.159. The minimum atomic E-state index is -0.593. The number of esters is 1. The van der Waals surface area contributed by atoms with Gasteiger partial charge in [0, 0.05) is 6.54 Å². The maximum atomic E-state index is 12.1. The average Bonchev–Trinajstić information content (AvgIpc) is 3.55. The molecular weight excluding hydrogens is 594 g/mol. The smallest absolute Gasteiger partial charge is 0.314 e. The molecule has 8 heteroatoms. The molecule has 0 aromatic heterocycles. The largest absolute Gasteiger partial charge is 0.491 e. The van der Waals surface area contributed by atoms with Crippen molar-refractivity contribution >= 4 is 17.1 Å². The van der Waals surface area contributed by atoms with Crippen molar-refractivity contribution in [1.29, 1.82) is 0 Å². The summed E-state index contributed by atoms with van der Waals surface area (Å²) in [7, 11) is 0. The Kier molecular flexibility index (Phi) is 11.8. The fraction of sp³-hybridized carbons (Fsp3) is 0.462. The highest BCUT2D eigenvalue weighted by molar-refractivity contribution is 5.99. The molecule has 252 valence electrons. The third-order valence-corrected chi connectivity index (χ3v) is 8.67. The number of hydrogen-bond acceptors (Lipinski definition) is 8. The summed E-state index contributed by atoms with van der Waals surface area (Å²) in [6.45, 7) is 9.34. The van der Waals surface area contributed by atoms with Crippen molar-refractivity contribution in [2.45, 2.75) is 72.3 Å². The van der Waals surface area contributed by atoms with Gasteiger partial charge in [0.2, 0.25) is 13.6 Å². The molecule has 47 heavy (non-hydrogen) atoms. The summed E-state index contributed by atoms with van der Waals surface area (Å²) >= 11 is 0. The van der Waals surface area contributed by atoms with Gasteiger partial charge in [-0.3, -0.25) is 4.79 Å². The van der Waals surface area contributed by atoms with Gasteiger partial charge in [-0.1, -0.05) is 56.5 Å². The number of benzene rings is 3. The zero-order chi connectivity index (χ0) is 33.2. The van der Waals surface area contributed by atoms with Gasteiger partial charge in [-0.2, -0.15) is 0 Å². The van der Waals surface area contributed by atoms with Crippen LogP contribution in [0, 0.1) is 11.3 Å². The summed E-state index contributed by atoms with van der Waals surface area (Å²) in [6, 6.07) is 21.8. The van der Waals surface area contributed by atoms with Crippen LogP contribution in [0.15, 0.2) is 66.7 Å². The van der Waals surface area contributed by atoms with E-state index < -0.39 is 11.5 Å². The molecule has 1 fully saturated rings. The standard InChI is InChI=1S/C39H49NO7/c1-5-34(30-15-20-35-36(21-30)46-26-45-35)37(29-13-18-33(19-14-29)44-25-47-38(42)39(2,3)4)28-11-16-32(17-12-28)43-24-31(41)23-40-22-27-9-7-6-8-10-27/h11-21,27,31,40-41H,5-10,22-26H2,1-4H3/b37-34+. The molecule has 3 aromatic rings. The molecule has 1 heterocycles. The van der Waals surface area contributed by atoms with E-state index in [1.807, 2.05) is 69.3 Å². The van der Waals surface area contributed by atoms with E-state index in [1.54, 1.807) is 0 Å². The Morgan fingerprint density at radius 3 is 2.13 bits per heavy atom. The molecule has 1 unspecified atom stereocenters. The first-order valence-electron chi connectivity index (χ1n) is 16.9. The highest BCUT2D eigenvalue weighted by atomic mass is 16.7. The second kappa shape index (κ2) is 16.2. The minimum Gasteiger partial charge on any atom is -0.491 e. The Labute approximate surface area is 279 Å². The number of ether oxygens (including phenoxy) is 5. The van der Waals surface area contributed by atoms with Crippen molar-refractivity contribution in [3.05, 3.63) is 83.4 Å². The van der Waals surface area contributed by atoms with Gasteiger partial charge in [-0.15, -0.1) is 0 Å². The van der Waals surface area contributed by atoms with Crippen LogP contribution in [0.1, 0.15) is 82.9 Å². The monoisotopic (exact) mass is 643 g/mol. The summed E-state index contributed by atoms with van der Waals surface area (Å²) < 4.78 is 28.2. The Morgan fingerprint density at radius 1 is 0.872 bits per heavy atom. The van der Waals surface area contributed by atoms with Crippen LogP contribution in [0.25, 0.3) is 11.1 Å². The first-order chi connectivity index (χ1) is 22.7. The molecule has 0 spiro atoms. The lowest BCUT2D eigenvalue weighted by Gasteiger charge is -2.22. The van der Waals surface area contributed by atoms with E-state index in [-0.39, 0.29) is 26.2 Å². The number of hydrogen-bond donors (Lipinski definition) is 2. The summed E-state index contributed by atoms with van der Waals surface area (Å²) in [5, 5.41) is 13.9. The maximum absolute atomic E-state index is 12.1. The number of carbonyl (C=O) groups is 1. The van der Waals surface area contributed by atoms with Crippen LogP contribution in [0.2, 0.25) is 0 Å². The summed E-state index contributed by atoms with van der Waals surface area (Å²) in [5.41, 5.74) is 4.69. The predicted molar refractivity (Wildman–Crippen MR) is 184 cm³/mol. The number of aliphatic hydroxyl groups is 1. The second-order valence-corrected chi connectivity index (χ2v) is 13.4. The Bertz CT molecular complexity index is 1490. The molecule has 1 saturated carbocycles. The van der Waals surface area contributed by atoms with Crippen LogP contribution in [-0.4, -0.2) is 50.5 Å². The quantitative estimate of drug-likeness (QED) is 0.105. The molecule has 1 aliphatic carbocycles. The van der Waals surface area contributed by atoms with Crippen molar-refractivity contribution in [2.75, 3.05) is 33.3 Å². The second-order valence-electron chi connectivity index (χ2n) is 13.4.